The van der Waals surface area contributed by atoms with Gasteiger partial charge in [0.2, 0.25) is 5.88 Å². The van der Waals surface area contributed by atoms with Crippen LogP contribution in [-0.4, -0.2) is 40.9 Å². The van der Waals surface area contributed by atoms with E-state index in [1.807, 2.05) is 0 Å². The quantitative estimate of drug-likeness (QED) is 0.928. The minimum absolute atomic E-state index is 0.205. The molecule has 0 amide bonds. The number of rotatable bonds is 4. The molecule has 1 fully saturated rings. The molecule has 110 valence electrons. The summed E-state index contributed by atoms with van der Waals surface area (Å²) >= 11 is 0. The lowest BCUT2D eigenvalue weighted by atomic mass is 10.0. The zero-order valence-electron chi connectivity index (χ0n) is 11.5. The third-order valence-electron chi connectivity index (χ3n) is 3.64. The Morgan fingerprint density at radius 1 is 1.33 bits per heavy atom. The summed E-state index contributed by atoms with van der Waals surface area (Å²) in [5.41, 5.74) is 0.781. The van der Waals surface area contributed by atoms with Crippen LogP contribution < -0.4 is 4.74 Å². The van der Waals surface area contributed by atoms with Crippen molar-refractivity contribution in [3.8, 4) is 5.88 Å². The SMILES string of the molecule is O=C(O)c1ccc2c(OCC3CCOCC3)ncnc2c1. The van der Waals surface area contributed by atoms with Crippen LogP contribution in [-0.2, 0) is 4.74 Å². The fourth-order valence-corrected chi connectivity index (χ4v) is 2.39. The monoisotopic (exact) mass is 288 g/mol. The summed E-state index contributed by atoms with van der Waals surface area (Å²) in [6.07, 6.45) is 3.38. The van der Waals surface area contributed by atoms with Crippen molar-refractivity contribution in [2.45, 2.75) is 12.8 Å². The normalized spacial score (nSPS) is 16.0. The van der Waals surface area contributed by atoms with Gasteiger partial charge in [0.05, 0.1) is 23.1 Å². The smallest absolute Gasteiger partial charge is 0.335 e. The van der Waals surface area contributed by atoms with Gasteiger partial charge in [-0.2, -0.15) is 0 Å². The molecule has 0 bridgehead atoms. The minimum atomic E-state index is -0.972. The summed E-state index contributed by atoms with van der Waals surface area (Å²) in [6, 6.07) is 4.76. The van der Waals surface area contributed by atoms with Gasteiger partial charge in [0.1, 0.15) is 6.33 Å². The molecule has 6 nitrogen and oxygen atoms in total. The van der Waals surface area contributed by atoms with E-state index >= 15 is 0 Å². The van der Waals surface area contributed by atoms with Crippen molar-refractivity contribution in [1.29, 1.82) is 0 Å². The van der Waals surface area contributed by atoms with Gasteiger partial charge in [0.15, 0.2) is 0 Å². The number of benzene rings is 1. The minimum Gasteiger partial charge on any atom is -0.478 e. The first-order valence-electron chi connectivity index (χ1n) is 6.92. The second-order valence-electron chi connectivity index (χ2n) is 5.08. The van der Waals surface area contributed by atoms with Gasteiger partial charge in [0.25, 0.3) is 0 Å². The molecule has 21 heavy (non-hydrogen) atoms. The van der Waals surface area contributed by atoms with Gasteiger partial charge in [-0.05, 0) is 37.0 Å². The fourth-order valence-electron chi connectivity index (χ4n) is 2.39. The fraction of sp³-hybridized carbons (Fsp3) is 0.400. The van der Waals surface area contributed by atoms with Crippen molar-refractivity contribution in [3.05, 3.63) is 30.1 Å². The van der Waals surface area contributed by atoms with Crippen LogP contribution in [0.1, 0.15) is 23.2 Å². The maximum Gasteiger partial charge on any atom is 0.335 e. The van der Waals surface area contributed by atoms with Gasteiger partial charge >= 0.3 is 5.97 Å². The zero-order valence-corrected chi connectivity index (χ0v) is 11.5. The van der Waals surface area contributed by atoms with E-state index in [1.165, 1.54) is 18.5 Å². The molecule has 0 atom stereocenters. The molecule has 1 saturated heterocycles. The number of hydrogen-bond donors (Lipinski definition) is 1. The maximum atomic E-state index is 11.0. The standard InChI is InChI=1S/C15H16N2O4/c18-15(19)11-1-2-12-13(7-11)16-9-17-14(12)21-8-10-3-5-20-6-4-10/h1-2,7,9-10H,3-6,8H2,(H,18,19). The van der Waals surface area contributed by atoms with E-state index in [-0.39, 0.29) is 5.56 Å². The van der Waals surface area contributed by atoms with Gasteiger partial charge < -0.3 is 14.6 Å². The largest absolute Gasteiger partial charge is 0.478 e. The highest BCUT2D eigenvalue weighted by Crippen LogP contribution is 2.24. The number of carboxylic acids is 1. The van der Waals surface area contributed by atoms with E-state index in [0.717, 1.165) is 31.4 Å². The molecule has 2 aromatic rings. The third-order valence-corrected chi connectivity index (χ3v) is 3.64. The zero-order chi connectivity index (χ0) is 14.7. The molecule has 2 heterocycles. The van der Waals surface area contributed by atoms with Crippen molar-refractivity contribution in [1.82, 2.24) is 9.97 Å². The van der Waals surface area contributed by atoms with Crippen molar-refractivity contribution < 1.29 is 19.4 Å². The van der Waals surface area contributed by atoms with Crippen LogP contribution in [0.2, 0.25) is 0 Å². The van der Waals surface area contributed by atoms with Gasteiger partial charge in [-0.15, -0.1) is 0 Å². The van der Waals surface area contributed by atoms with Crippen LogP contribution in [0.3, 0.4) is 0 Å². The van der Waals surface area contributed by atoms with E-state index in [0.29, 0.717) is 23.9 Å². The maximum absolute atomic E-state index is 11.0. The van der Waals surface area contributed by atoms with Crippen molar-refractivity contribution in [2.24, 2.45) is 5.92 Å². The average molecular weight is 288 g/mol. The molecular weight excluding hydrogens is 272 g/mol. The second-order valence-corrected chi connectivity index (χ2v) is 5.08. The van der Waals surface area contributed by atoms with Crippen LogP contribution in [0.25, 0.3) is 10.9 Å². The number of fused-ring (bicyclic) bond motifs is 1. The molecule has 0 unspecified atom stereocenters. The lowest BCUT2D eigenvalue weighted by molar-refractivity contribution is 0.0493. The lowest BCUT2D eigenvalue weighted by Crippen LogP contribution is -2.21. The first-order chi connectivity index (χ1) is 10.2. The number of carboxylic acid groups (broad SMARTS) is 1. The number of ether oxygens (including phenoxy) is 2. The number of carbonyl (C=O) groups is 1. The Hall–Kier alpha value is -2.21. The van der Waals surface area contributed by atoms with E-state index < -0.39 is 5.97 Å². The van der Waals surface area contributed by atoms with Crippen molar-refractivity contribution in [3.63, 3.8) is 0 Å². The summed E-state index contributed by atoms with van der Waals surface area (Å²) < 4.78 is 11.1. The lowest BCUT2D eigenvalue weighted by Gasteiger charge is -2.22. The Morgan fingerprint density at radius 3 is 2.90 bits per heavy atom. The van der Waals surface area contributed by atoms with Gasteiger partial charge in [0, 0.05) is 13.2 Å². The van der Waals surface area contributed by atoms with Gasteiger partial charge in [-0.3, -0.25) is 0 Å². The molecule has 3 rings (SSSR count). The summed E-state index contributed by atoms with van der Waals surface area (Å²) in [4.78, 5) is 19.2. The molecule has 0 saturated carbocycles. The average Bonchev–Trinajstić information content (AvgIpc) is 2.53. The van der Waals surface area contributed by atoms with Gasteiger partial charge in [-0.25, -0.2) is 14.8 Å². The van der Waals surface area contributed by atoms with E-state index in [2.05, 4.69) is 9.97 Å². The topological polar surface area (TPSA) is 81.5 Å². The molecule has 1 N–H and O–H groups in total. The Bertz CT molecular complexity index is 653. The number of hydrogen-bond acceptors (Lipinski definition) is 5. The predicted octanol–water partition coefficient (Wildman–Crippen LogP) is 2.13. The van der Waals surface area contributed by atoms with Crippen LogP contribution in [0, 0.1) is 5.92 Å². The number of aromatic carboxylic acids is 1. The molecule has 0 spiro atoms. The van der Waals surface area contributed by atoms with Crippen LogP contribution in [0.4, 0.5) is 0 Å². The van der Waals surface area contributed by atoms with E-state index in [9.17, 15) is 4.79 Å². The summed E-state index contributed by atoms with van der Waals surface area (Å²) in [6.45, 7) is 2.15. The van der Waals surface area contributed by atoms with E-state index in [1.54, 1.807) is 6.07 Å². The molecule has 1 aliphatic rings. The molecule has 1 aromatic heterocycles. The number of aromatic nitrogens is 2. The molecule has 1 aromatic carbocycles. The molecule has 1 aliphatic heterocycles. The summed E-state index contributed by atoms with van der Waals surface area (Å²) in [5.74, 6) is 0.00525. The summed E-state index contributed by atoms with van der Waals surface area (Å²) in [7, 11) is 0. The highest BCUT2D eigenvalue weighted by molar-refractivity contribution is 5.94. The first kappa shape index (κ1) is 13.8. The predicted molar refractivity (Wildman–Crippen MR) is 75.5 cm³/mol. The number of nitrogens with zero attached hydrogens (tertiary/aromatic N) is 2. The van der Waals surface area contributed by atoms with Crippen molar-refractivity contribution >= 4 is 16.9 Å². The molecule has 0 aliphatic carbocycles. The molecular formula is C15H16N2O4. The van der Waals surface area contributed by atoms with Crippen LogP contribution in [0.15, 0.2) is 24.5 Å². The molecule has 6 heteroatoms. The highest BCUT2D eigenvalue weighted by atomic mass is 16.5. The van der Waals surface area contributed by atoms with Crippen molar-refractivity contribution in [2.75, 3.05) is 19.8 Å². The van der Waals surface area contributed by atoms with Gasteiger partial charge in [-0.1, -0.05) is 0 Å². The Kier molecular flexibility index (Phi) is 3.96. The van der Waals surface area contributed by atoms with Crippen LogP contribution in [0.5, 0.6) is 5.88 Å². The Labute approximate surface area is 121 Å². The molecule has 0 radical (unpaired) electrons. The first-order valence-corrected chi connectivity index (χ1v) is 6.92. The Morgan fingerprint density at radius 2 is 2.14 bits per heavy atom. The second kappa shape index (κ2) is 6.05. The Balaban J connectivity index is 1.80. The summed E-state index contributed by atoms with van der Waals surface area (Å²) in [5, 5.41) is 9.73. The third kappa shape index (κ3) is 3.11. The highest BCUT2D eigenvalue weighted by Gasteiger charge is 2.16. The van der Waals surface area contributed by atoms with E-state index in [4.69, 9.17) is 14.6 Å². The van der Waals surface area contributed by atoms with Crippen LogP contribution >= 0.6 is 0 Å².